The van der Waals surface area contributed by atoms with Gasteiger partial charge in [0, 0.05) is 11.6 Å². The van der Waals surface area contributed by atoms with E-state index in [0.717, 1.165) is 16.5 Å². The van der Waals surface area contributed by atoms with E-state index in [1.165, 1.54) is 6.08 Å². The fourth-order valence-electron chi connectivity index (χ4n) is 2.54. The lowest BCUT2D eigenvalue weighted by atomic mass is 10.0. The predicted octanol–water partition coefficient (Wildman–Crippen LogP) is 3.44. The van der Waals surface area contributed by atoms with Crippen molar-refractivity contribution in [2.75, 3.05) is 0 Å². The van der Waals surface area contributed by atoms with Gasteiger partial charge in [0.1, 0.15) is 0 Å². The molecule has 0 unspecified atom stereocenters. The number of hydrogen-bond acceptors (Lipinski definition) is 3. The van der Waals surface area contributed by atoms with Crippen molar-refractivity contribution in [3.63, 3.8) is 0 Å². The standard InChI is InChI=1S/C19H16N2O2/c1-12-3-5-14(6-4-12)7-8-17(22)18-13(2)15-9-10-20-11-16(15)21-19(18)23/h3-11H,1-2H3,(H,21,23). The monoisotopic (exact) mass is 304 g/mol. The number of benzene rings is 1. The fraction of sp³-hybridized carbons (Fsp3) is 0.105. The van der Waals surface area contributed by atoms with E-state index in [-0.39, 0.29) is 16.9 Å². The second-order valence-corrected chi connectivity index (χ2v) is 5.48. The van der Waals surface area contributed by atoms with Crippen LogP contribution in [0.1, 0.15) is 27.0 Å². The number of aromatic amines is 1. The van der Waals surface area contributed by atoms with Gasteiger partial charge in [-0.3, -0.25) is 14.6 Å². The van der Waals surface area contributed by atoms with Crippen molar-refractivity contribution in [2.24, 2.45) is 0 Å². The number of fused-ring (bicyclic) bond motifs is 1. The molecule has 0 amide bonds. The zero-order valence-electron chi connectivity index (χ0n) is 13.0. The number of rotatable bonds is 3. The zero-order valence-corrected chi connectivity index (χ0v) is 13.0. The number of allylic oxidation sites excluding steroid dienone is 1. The summed E-state index contributed by atoms with van der Waals surface area (Å²) in [6.45, 7) is 3.79. The SMILES string of the molecule is Cc1ccc(C=CC(=O)c2c(C)c3ccncc3[nH]c2=O)cc1. The van der Waals surface area contributed by atoms with Crippen molar-refractivity contribution >= 4 is 22.8 Å². The molecule has 0 atom stereocenters. The molecule has 4 heteroatoms. The molecule has 0 spiro atoms. The molecule has 114 valence electrons. The second-order valence-electron chi connectivity index (χ2n) is 5.48. The summed E-state index contributed by atoms with van der Waals surface area (Å²) < 4.78 is 0. The Balaban J connectivity index is 2.01. The molecule has 1 N–H and O–H groups in total. The first-order valence-corrected chi connectivity index (χ1v) is 7.32. The molecular weight excluding hydrogens is 288 g/mol. The highest BCUT2D eigenvalue weighted by Gasteiger charge is 2.14. The molecule has 2 heterocycles. The third-order valence-electron chi connectivity index (χ3n) is 3.83. The Labute approximate surface area is 133 Å². The summed E-state index contributed by atoms with van der Waals surface area (Å²) in [5.74, 6) is -0.303. The van der Waals surface area contributed by atoms with Crippen molar-refractivity contribution < 1.29 is 4.79 Å². The number of pyridine rings is 2. The number of carbonyl (C=O) groups excluding carboxylic acids is 1. The van der Waals surface area contributed by atoms with Crippen LogP contribution in [0, 0.1) is 13.8 Å². The molecule has 0 saturated carbocycles. The quantitative estimate of drug-likeness (QED) is 0.595. The molecule has 4 nitrogen and oxygen atoms in total. The van der Waals surface area contributed by atoms with Crippen LogP contribution in [-0.2, 0) is 0 Å². The van der Waals surface area contributed by atoms with Crippen LogP contribution in [0.25, 0.3) is 17.0 Å². The Hall–Kier alpha value is -3.01. The van der Waals surface area contributed by atoms with Gasteiger partial charge >= 0.3 is 0 Å². The van der Waals surface area contributed by atoms with Crippen molar-refractivity contribution in [3.8, 4) is 0 Å². The van der Waals surface area contributed by atoms with Gasteiger partial charge in [-0.15, -0.1) is 0 Å². The topological polar surface area (TPSA) is 62.8 Å². The number of aryl methyl sites for hydroxylation is 2. The molecule has 3 rings (SSSR count). The number of nitrogens with zero attached hydrogens (tertiary/aromatic N) is 1. The number of aromatic nitrogens is 2. The van der Waals surface area contributed by atoms with Crippen LogP contribution in [0.3, 0.4) is 0 Å². The number of hydrogen-bond donors (Lipinski definition) is 1. The van der Waals surface area contributed by atoms with Gasteiger partial charge in [0.05, 0.1) is 17.3 Å². The van der Waals surface area contributed by atoms with Crippen LogP contribution in [0.15, 0.2) is 53.6 Å². The van der Waals surface area contributed by atoms with Crippen LogP contribution >= 0.6 is 0 Å². The van der Waals surface area contributed by atoms with Gasteiger partial charge in [0.25, 0.3) is 5.56 Å². The van der Waals surface area contributed by atoms with E-state index in [9.17, 15) is 9.59 Å². The van der Waals surface area contributed by atoms with Gasteiger partial charge in [-0.25, -0.2) is 0 Å². The molecule has 3 aromatic rings. The summed E-state index contributed by atoms with van der Waals surface area (Å²) in [5, 5.41) is 0.826. The number of carbonyl (C=O) groups is 1. The number of nitrogens with one attached hydrogen (secondary N) is 1. The maximum Gasteiger partial charge on any atom is 0.259 e. The highest BCUT2D eigenvalue weighted by atomic mass is 16.1. The molecule has 0 radical (unpaired) electrons. The minimum Gasteiger partial charge on any atom is -0.320 e. The summed E-state index contributed by atoms with van der Waals surface area (Å²) in [4.78, 5) is 31.4. The van der Waals surface area contributed by atoms with E-state index < -0.39 is 0 Å². The third kappa shape index (κ3) is 2.97. The predicted molar refractivity (Wildman–Crippen MR) is 91.6 cm³/mol. The van der Waals surface area contributed by atoms with Gasteiger partial charge in [-0.2, -0.15) is 0 Å². The molecule has 0 bridgehead atoms. The Morgan fingerprint density at radius 1 is 1.13 bits per heavy atom. The van der Waals surface area contributed by atoms with Crippen molar-refractivity contribution in [3.05, 3.63) is 81.4 Å². The highest BCUT2D eigenvalue weighted by Crippen LogP contribution is 2.17. The fourth-order valence-corrected chi connectivity index (χ4v) is 2.54. The lowest BCUT2D eigenvalue weighted by Crippen LogP contribution is -2.18. The first-order chi connectivity index (χ1) is 11.1. The molecule has 0 saturated heterocycles. The molecule has 2 aromatic heterocycles. The Morgan fingerprint density at radius 3 is 2.61 bits per heavy atom. The molecule has 23 heavy (non-hydrogen) atoms. The van der Waals surface area contributed by atoms with Crippen molar-refractivity contribution in [2.45, 2.75) is 13.8 Å². The Bertz CT molecular complexity index is 967. The summed E-state index contributed by atoms with van der Waals surface area (Å²) in [6.07, 6.45) is 6.39. The lowest BCUT2D eigenvalue weighted by Gasteiger charge is -2.05. The first-order valence-electron chi connectivity index (χ1n) is 7.32. The van der Waals surface area contributed by atoms with Gasteiger partial charge in [0.2, 0.25) is 0 Å². The van der Waals surface area contributed by atoms with Crippen LogP contribution in [0.2, 0.25) is 0 Å². The first kappa shape index (κ1) is 14.9. The normalized spacial score (nSPS) is 11.2. The summed E-state index contributed by atoms with van der Waals surface area (Å²) in [5.41, 5.74) is 3.17. The van der Waals surface area contributed by atoms with Crippen LogP contribution < -0.4 is 5.56 Å². The van der Waals surface area contributed by atoms with E-state index in [2.05, 4.69) is 9.97 Å². The maximum absolute atomic E-state index is 12.4. The maximum atomic E-state index is 12.4. The van der Waals surface area contributed by atoms with Crippen molar-refractivity contribution in [1.29, 1.82) is 0 Å². The van der Waals surface area contributed by atoms with Gasteiger partial charge in [-0.1, -0.05) is 35.9 Å². The molecule has 0 aliphatic carbocycles. The van der Waals surface area contributed by atoms with Crippen LogP contribution in [0.4, 0.5) is 0 Å². The van der Waals surface area contributed by atoms with E-state index in [4.69, 9.17) is 0 Å². The molecule has 0 aliphatic heterocycles. The van der Waals surface area contributed by atoms with E-state index in [1.54, 1.807) is 31.5 Å². The molecule has 0 aliphatic rings. The molecular formula is C19H16N2O2. The average molecular weight is 304 g/mol. The molecule has 0 fully saturated rings. The Kier molecular flexibility index (Phi) is 3.89. The molecule has 1 aromatic carbocycles. The van der Waals surface area contributed by atoms with E-state index in [1.807, 2.05) is 31.2 Å². The van der Waals surface area contributed by atoms with Crippen LogP contribution in [-0.4, -0.2) is 15.8 Å². The minimum absolute atomic E-state index is 0.173. The lowest BCUT2D eigenvalue weighted by molar-refractivity contribution is 0.104. The average Bonchev–Trinajstić information content (AvgIpc) is 2.54. The number of H-pyrrole nitrogens is 1. The Morgan fingerprint density at radius 2 is 1.87 bits per heavy atom. The highest BCUT2D eigenvalue weighted by molar-refractivity contribution is 6.09. The third-order valence-corrected chi connectivity index (χ3v) is 3.83. The summed E-state index contributed by atoms with van der Waals surface area (Å²) in [7, 11) is 0. The zero-order chi connectivity index (χ0) is 16.4. The van der Waals surface area contributed by atoms with E-state index in [0.29, 0.717) is 11.1 Å². The van der Waals surface area contributed by atoms with Gasteiger partial charge in [0.15, 0.2) is 5.78 Å². The second kappa shape index (κ2) is 6.01. The summed E-state index contributed by atoms with van der Waals surface area (Å²) >= 11 is 0. The van der Waals surface area contributed by atoms with Gasteiger partial charge < -0.3 is 4.98 Å². The minimum atomic E-state index is -0.387. The van der Waals surface area contributed by atoms with E-state index >= 15 is 0 Å². The smallest absolute Gasteiger partial charge is 0.259 e. The van der Waals surface area contributed by atoms with Gasteiger partial charge in [-0.05, 0) is 37.1 Å². The largest absolute Gasteiger partial charge is 0.320 e. The summed E-state index contributed by atoms with van der Waals surface area (Å²) in [6, 6.07) is 9.61. The number of ketones is 1. The van der Waals surface area contributed by atoms with Crippen LogP contribution in [0.5, 0.6) is 0 Å². The van der Waals surface area contributed by atoms with Crippen molar-refractivity contribution in [1.82, 2.24) is 9.97 Å².